The molecule has 194 valence electrons. The van der Waals surface area contributed by atoms with Gasteiger partial charge in [0, 0.05) is 30.3 Å². The van der Waals surface area contributed by atoms with Crippen LogP contribution in [-0.4, -0.2) is 63.4 Å². The maximum Gasteiger partial charge on any atom is 0.326 e. The molecule has 2 amide bonds. The summed E-state index contributed by atoms with van der Waals surface area (Å²) >= 11 is 6.07. The standard InChI is InChI=1S/C27H29ClN4O5/c1-3-12-31-25-23(24(35)18(2)30(27(31)36)13-5-14-33)32(16-19-8-10-21(28)11-9-19)26(29-25)37-22-7-4-6-20(15-22)17-34/h4,6-11,15,17-18,33H,3,5,12-14,16H2,1-2H3/t18-/m1/s1. The van der Waals surface area contributed by atoms with Gasteiger partial charge in [-0.05, 0) is 49.6 Å². The van der Waals surface area contributed by atoms with Gasteiger partial charge in [-0.1, -0.05) is 42.8 Å². The van der Waals surface area contributed by atoms with E-state index in [9.17, 15) is 19.5 Å². The molecule has 0 aliphatic carbocycles. The molecular formula is C27H29ClN4O5. The molecule has 1 aliphatic rings. The lowest BCUT2D eigenvalue weighted by atomic mass is 10.1. The Bertz CT molecular complexity index is 1290. The predicted molar refractivity (Wildman–Crippen MR) is 140 cm³/mol. The number of Topliss-reactive ketones (excluding diaryl/α,β-unsaturated/α-hetero) is 1. The van der Waals surface area contributed by atoms with Crippen molar-refractivity contribution in [3.05, 3.63) is 70.4 Å². The van der Waals surface area contributed by atoms with Crippen LogP contribution in [0.1, 0.15) is 53.1 Å². The van der Waals surface area contributed by atoms with Crippen molar-refractivity contribution in [2.24, 2.45) is 0 Å². The second-order valence-electron chi connectivity index (χ2n) is 8.82. The van der Waals surface area contributed by atoms with Crippen molar-refractivity contribution in [3.8, 4) is 11.8 Å². The fourth-order valence-corrected chi connectivity index (χ4v) is 4.44. The zero-order chi connectivity index (χ0) is 26.5. The van der Waals surface area contributed by atoms with Crippen LogP contribution in [0.15, 0.2) is 48.5 Å². The Morgan fingerprint density at radius 3 is 2.57 bits per heavy atom. The van der Waals surface area contributed by atoms with E-state index in [-0.39, 0.29) is 49.0 Å². The molecule has 37 heavy (non-hydrogen) atoms. The van der Waals surface area contributed by atoms with Crippen molar-refractivity contribution in [1.29, 1.82) is 0 Å². The first-order valence-electron chi connectivity index (χ1n) is 12.2. The van der Waals surface area contributed by atoms with E-state index in [2.05, 4.69) is 4.98 Å². The lowest BCUT2D eigenvalue weighted by Crippen LogP contribution is -2.48. The number of ketones is 1. The fourth-order valence-electron chi connectivity index (χ4n) is 4.31. The highest BCUT2D eigenvalue weighted by atomic mass is 35.5. The summed E-state index contributed by atoms with van der Waals surface area (Å²) in [5.74, 6) is 0.323. The number of hydrogen-bond donors (Lipinski definition) is 1. The third-order valence-corrected chi connectivity index (χ3v) is 6.44. The number of anilines is 1. The Morgan fingerprint density at radius 1 is 1.14 bits per heavy atom. The van der Waals surface area contributed by atoms with Crippen LogP contribution >= 0.6 is 11.6 Å². The number of carbonyl (C=O) groups excluding carboxylic acids is 3. The Hall–Kier alpha value is -3.69. The summed E-state index contributed by atoms with van der Waals surface area (Å²) in [6, 6.07) is 12.8. The minimum absolute atomic E-state index is 0.0930. The van der Waals surface area contributed by atoms with Crippen LogP contribution in [0, 0.1) is 0 Å². The number of aliphatic hydroxyl groups excluding tert-OH is 1. The van der Waals surface area contributed by atoms with Gasteiger partial charge >= 0.3 is 12.0 Å². The molecule has 0 saturated carbocycles. The molecule has 1 aromatic heterocycles. The third-order valence-electron chi connectivity index (χ3n) is 6.19. The molecule has 10 heteroatoms. The summed E-state index contributed by atoms with van der Waals surface area (Å²) in [6.07, 6.45) is 1.71. The Kier molecular flexibility index (Phi) is 8.25. The zero-order valence-electron chi connectivity index (χ0n) is 20.8. The first kappa shape index (κ1) is 26.4. The number of carbonyl (C=O) groups is 3. The highest BCUT2D eigenvalue weighted by molar-refractivity contribution is 6.30. The summed E-state index contributed by atoms with van der Waals surface area (Å²) in [5.41, 5.74) is 1.55. The molecule has 0 radical (unpaired) electrons. The summed E-state index contributed by atoms with van der Waals surface area (Å²) in [4.78, 5) is 46.4. The summed E-state index contributed by atoms with van der Waals surface area (Å²) < 4.78 is 7.77. The smallest absolute Gasteiger partial charge is 0.326 e. The lowest BCUT2D eigenvalue weighted by molar-refractivity contribution is 0.0862. The van der Waals surface area contributed by atoms with E-state index in [1.165, 1.54) is 9.80 Å². The van der Waals surface area contributed by atoms with Gasteiger partial charge in [0.1, 0.15) is 17.7 Å². The van der Waals surface area contributed by atoms with Gasteiger partial charge in [0.05, 0.1) is 12.6 Å². The first-order chi connectivity index (χ1) is 17.9. The quantitative estimate of drug-likeness (QED) is 0.382. The normalized spacial score (nSPS) is 15.5. The highest BCUT2D eigenvalue weighted by Crippen LogP contribution is 2.35. The van der Waals surface area contributed by atoms with Gasteiger partial charge in [0.15, 0.2) is 5.82 Å². The number of aromatic nitrogens is 2. The van der Waals surface area contributed by atoms with Gasteiger partial charge in [-0.15, -0.1) is 0 Å². The molecule has 0 bridgehead atoms. The number of hydrogen-bond acceptors (Lipinski definition) is 6. The topological polar surface area (TPSA) is 105 Å². The largest absolute Gasteiger partial charge is 0.425 e. The van der Waals surface area contributed by atoms with Gasteiger partial charge in [-0.3, -0.25) is 19.1 Å². The van der Waals surface area contributed by atoms with Gasteiger partial charge < -0.3 is 14.7 Å². The fraction of sp³-hybridized carbons (Fsp3) is 0.333. The zero-order valence-corrected chi connectivity index (χ0v) is 21.5. The number of amides is 2. The molecule has 0 fully saturated rings. The number of halogens is 1. The third kappa shape index (κ3) is 5.52. The number of aliphatic hydroxyl groups is 1. The number of urea groups is 1. The van der Waals surface area contributed by atoms with Crippen molar-refractivity contribution >= 4 is 35.5 Å². The van der Waals surface area contributed by atoms with Crippen molar-refractivity contribution in [2.75, 3.05) is 24.6 Å². The number of imidazole rings is 1. The molecule has 2 aromatic carbocycles. The van der Waals surface area contributed by atoms with Crippen LogP contribution in [0.3, 0.4) is 0 Å². The summed E-state index contributed by atoms with van der Waals surface area (Å²) in [6.45, 7) is 4.36. The number of benzene rings is 2. The van der Waals surface area contributed by atoms with E-state index >= 15 is 0 Å². The van der Waals surface area contributed by atoms with Gasteiger partial charge in [0.2, 0.25) is 5.78 Å². The minimum atomic E-state index is -0.772. The lowest BCUT2D eigenvalue weighted by Gasteiger charge is -2.30. The van der Waals surface area contributed by atoms with Gasteiger partial charge in [-0.25, -0.2) is 4.79 Å². The monoisotopic (exact) mass is 524 g/mol. The maximum absolute atomic E-state index is 13.9. The molecule has 1 atom stereocenters. The predicted octanol–water partition coefficient (Wildman–Crippen LogP) is 4.80. The average molecular weight is 525 g/mol. The molecule has 9 nitrogen and oxygen atoms in total. The van der Waals surface area contributed by atoms with Crippen molar-refractivity contribution in [1.82, 2.24) is 14.5 Å². The number of nitrogens with zero attached hydrogens (tertiary/aromatic N) is 4. The Morgan fingerprint density at radius 2 is 1.89 bits per heavy atom. The van der Waals surface area contributed by atoms with Crippen molar-refractivity contribution in [3.63, 3.8) is 0 Å². The van der Waals surface area contributed by atoms with E-state index in [1.807, 2.05) is 19.1 Å². The van der Waals surface area contributed by atoms with Crippen LogP contribution in [0.2, 0.25) is 5.02 Å². The van der Waals surface area contributed by atoms with E-state index in [0.717, 1.165) is 11.8 Å². The minimum Gasteiger partial charge on any atom is -0.425 e. The van der Waals surface area contributed by atoms with Crippen molar-refractivity contribution < 1.29 is 24.2 Å². The maximum atomic E-state index is 13.9. The molecule has 0 unspecified atom stereocenters. The number of rotatable bonds is 10. The van der Waals surface area contributed by atoms with Crippen LogP contribution in [-0.2, 0) is 6.54 Å². The van der Waals surface area contributed by atoms with Crippen LogP contribution in [0.25, 0.3) is 0 Å². The van der Waals surface area contributed by atoms with Gasteiger partial charge in [0.25, 0.3) is 0 Å². The summed E-state index contributed by atoms with van der Waals surface area (Å²) in [7, 11) is 0. The number of ether oxygens (including phenoxy) is 1. The molecule has 0 spiro atoms. The van der Waals surface area contributed by atoms with Crippen LogP contribution in [0.5, 0.6) is 11.8 Å². The van der Waals surface area contributed by atoms with E-state index < -0.39 is 6.04 Å². The van der Waals surface area contributed by atoms with E-state index in [1.54, 1.807) is 47.9 Å². The molecule has 2 heterocycles. The Labute approximate surface area is 220 Å². The molecule has 3 aromatic rings. The second-order valence-corrected chi connectivity index (χ2v) is 9.25. The summed E-state index contributed by atoms with van der Waals surface area (Å²) in [5, 5.41) is 9.93. The SMILES string of the molecule is CCCN1C(=O)N(CCCO)[C@H](C)C(=O)c2c1nc(Oc1cccc(C=O)c1)n2Cc1ccc(Cl)cc1. The molecule has 0 saturated heterocycles. The number of fused-ring (bicyclic) bond motifs is 1. The van der Waals surface area contributed by atoms with Gasteiger partial charge in [-0.2, -0.15) is 4.98 Å². The second kappa shape index (κ2) is 11.6. The van der Waals surface area contributed by atoms with Crippen LogP contribution in [0.4, 0.5) is 10.6 Å². The molecule has 1 N–H and O–H groups in total. The molecule has 1 aliphatic heterocycles. The number of aldehydes is 1. The average Bonchev–Trinajstić information content (AvgIpc) is 3.21. The first-order valence-corrected chi connectivity index (χ1v) is 12.6. The molecule has 4 rings (SSSR count). The van der Waals surface area contributed by atoms with Crippen LogP contribution < -0.4 is 9.64 Å². The molecular weight excluding hydrogens is 496 g/mol. The van der Waals surface area contributed by atoms with E-state index in [0.29, 0.717) is 35.7 Å². The van der Waals surface area contributed by atoms with Crippen molar-refractivity contribution in [2.45, 2.75) is 39.3 Å². The van der Waals surface area contributed by atoms with E-state index in [4.69, 9.17) is 16.3 Å². The Balaban J connectivity index is 1.87. The highest BCUT2D eigenvalue weighted by Gasteiger charge is 2.41.